The van der Waals surface area contributed by atoms with E-state index in [1.54, 1.807) is 34.8 Å². The van der Waals surface area contributed by atoms with Crippen LogP contribution in [0.2, 0.25) is 0 Å². The molecule has 150 valence electrons. The maximum Gasteiger partial charge on any atom is 0.287 e. The van der Waals surface area contributed by atoms with E-state index in [-0.39, 0.29) is 17.7 Å². The van der Waals surface area contributed by atoms with Gasteiger partial charge in [0, 0.05) is 18.3 Å². The third-order valence-corrected chi connectivity index (χ3v) is 5.22. The topological polar surface area (TPSA) is 97.9 Å². The number of rotatable bonds is 9. The second kappa shape index (κ2) is 9.42. The van der Waals surface area contributed by atoms with Gasteiger partial charge in [-0.3, -0.25) is 4.79 Å². The molecule has 0 aliphatic rings. The number of aromatic nitrogens is 4. The van der Waals surface area contributed by atoms with Gasteiger partial charge in [-0.05, 0) is 48.3 Å². The van der Waals surface area contributed by atoms with Crippen molar-refractivity contribution in [2.75, 3.05) is 17.6 Å². The Hall–Kier alpha value is -2.07. The van der Waals surface area contributed by atoms with Crippen molar-refractivity contribution in [2.24, 2.45) is 0 Å². The Morgan fingerprint density at radius 1 is 1.36 bits per heavy atom. The van der Waals surface area contributed by atoms with Crippen molar-refractivity contribution in [3.8, 4) is 0 Å². The Balaban J connectivity index is 1.75. The van der Waals surface area contributed by atoms with Crippen LogP contribution in [-0.4, -0.2) is 44.0 Å². The van der Waals surface area contributed by atoms with Gasteiger partial charge in [0.15, 0.2) is 21.2 Å². The van der Waals surface area contributed by atoms with Crippen LogP contribution < -0.4 is 10.6 Å². The van der Waals surface area contributed by atoms with Crippen LogP contribution in [0.15, 0.2) is 32.6 Å². The van der Waals surface area contributed by atoms with E-state index in [1.807, 2.05) is 0 Å². The molecule has 3 heterocycles. The van der Waals surface area contributed by atoms with Gasteiger partial charge in [-0.1, -0.05) is 18.7 Å². The summed E-state index contributed by atoms with van der Waals surface area (Å²) >= 11 is 4.82. The molecule has 0 fully saturated rings. The lowest BCUT2D eigenvalue weighted by molar-refractivity contribution is 0.0923. The molecule has 0 saturated carbocycles. The van der Waals surface area contributed by atoms with Gasteiger partial charge in [-0.2, -0.15) is 5.10 Å². The Labute approximate surface area is 176 Å². The third kappa shape index (κ3) is 5.05. The summed E-state index contributed by atoms with van der Waals surface area (Å²) in [6.07, 6.45) is 2.81. The van der Waals surface area contributed by atoms with Gasteiger partial charge in [0.25, 0.3) is 5.91 Å². The predicted octanol–water partition coefficient (Wildman–Crippen LogP) is 3.93. The molecule has 3 aromatic heterocycles. The number of amides is 1. The molecule has 0 bridgehead atoms. The van der Waals surface area contributed by atoms with Gasteiger partial charge in [-0.25, -0.2) is 14.6 Å². The SMILES string of the molecule is CCCSc1nc(NC(C)C)c2cnn(CCNC(=O)c3ccc(Br)o3)c2n1. The Morgan fingerprint density at radius 3 is 2.86 bits per heavy atom. The summed E-state index contributed by atoms with van der Waals surface area (Å²) in [5.74, 6) is 1.74. The van der Waals surface area contributed by atoms with Crippen molar-refractivity contribution in [1.29, 1.82) is 0 Å². The van der Waals surface area contributed by atoms with E-state index in [1.165, 1.54) is 0 Å². The summed E-state index contributed by atoms with van der Waals surface area (Å²) in [6.45, 7) is 7.16. The van der Waals surface area contributed by atoms with Crippen molar-refractivity contribution in [2.45, 2.75) is 44.9 Å². The molecule has 3 aromatic rings. The molecular weight excluding hydrogens is 444 g/mol. The fourth-order valence-corrected chi connectivity index (χ4v) is 3.54. The van der Waals surface area contributed by atoms with Crippen molar-refractivity contribution in [3.05, 3.63) is 28.8 Å². The number of nitrogens with one attached hydrogen (secondary N) is 2. The van der Waals surface area contributed by atoms with Crippen LogP contribution in [0.1, 0.15) is 37.7 Å². The summed E-state index contributed by atoms with van der Waals surface area (Å²) in [6, 6.07) is 3.56. The molecule has 8 nitrogen and oxygen atoms in total. The minimum absolute atomic E-state index is 0.248. The number of fused-ring (bicyclic) bond motifs is 1. The van der Waals surface area contributed by atoms with E-state index >= 15 is 0 Å². The molecule has 0 saturated heterocycles. The number of carbonyl (C=O) groups is 1. The zero-order valence-electron chi connectivity index (χ0n) is 16.0. The van der Waals surface area contributed by atoms with Crippen molar-refractivity contribution >= 4 is 50.5 Å². The first-order chi connectivity index (χ1) is 13.5. The average molecular weight is 467 g/mol. The van der Waals surface area contributed by atoms with E-state index in [2.05, 4.69) is 62.4 Å². The minimum Gasteiger partial charge on any atom is -0.444 e. The Kier molecular flexibility index (Phi) is 6.95. The fourth-order valence-electron chi connectivity index (χ4n) is 2.54. The lowest BCUT2D eigenvalue weighted by Crippen LogP contribution is -2.27. The van der Waals surface area contributed by atoms with E-state index in [0.717, 1.165) is 34.2 Å². The highest BCUT2D eigenvalue weighted by Gasteiger charge is 2.15. The summed E-state index contributed by atoms with van der Waals surface area (Å²) in [4.78, 5) is 21.4. The number of hydrogen-bond donors (Lipinski definition) is 2. The van der Waals surface area contributed by atoms with E-state index in [0.29, 0.717) is 17.8 Å². The average Bonchev–Trinajstić information content (AvgIpc) is 3.26. The monoisotopic (exact) mass is 466 g/mol. The van der Waals surface area contributed by atoms with Gasteiger partial charge in [0.2, 0.25) is 0 Å². The van der Waals surface area contributed by atoms with Crippen LogP contribution in [0.25, 0.3) is 11.0 Å². The van der Waals surface area contributed by atoms with Crippen LogP contribution >= 0.6 is 27.7 Å². The molecule has 3 rings (SSSR count). The first kappa shape index (κ1) is 20.7. The predicted molar refractivity (Wildman–Crippen MR) is 114 cm³/mol. The quantitative estimate of drug-likeness (QED) is 0.364. The van der Waals surface area contributed by atoms with Gasteiger partial charge in [-0.15, -0.1) is 0 Å². The van der Waals surface area contributed by atoms with E-state index < -0.39 is 0 Å². The molecule has 0 aromatic carbocycles. The van der Waals surface area contributed by atoms with Gasteiger partial charge >= 0.3 is 0 Å². The molecule has 0 spiro atoms. The molecule has 0 aliphatic carbocycles. The number of halogens is 1. The standard InChI is InChI=1S/C18H23BrN6O2S/c1-4-9-28-18-23-15(22-11(2)3)12-10-21-25(16(12)24-18)8-7-20-17(26)13-5-6-14(19)27-13/h5-6,10-11H,4,7-9H2,1-3H3,(H,20,26)(H,22,23,24). The fraction of sp³-hybridized carbons (Fsp3) is 0.444. The number of nitrogens with zero attached hydrogens (tertiary/aromatic N) is 4. The minimum atomic E-state index is -0.266. The van der Waals surface area contributed by atoms with Crippen molar-refractivity contribution in [3.63, 3.8) is 0 Å². The van der Waals surface area contributed by atoms with Gasteiger partial charge < -0.3 is 15.1 Å². The highest BCUT2D eigenvalue weighted by atomic mass is 79.9. The second-order valence-corrected chi connectivity index (χ2v) is 8.31. The first-order valence-corrected chi connectivity index (χ1v) is 10.9. The number of carbonyl (C=O) groups excluding carboxylic acids is 1. The highest BCUT2D eigenvalue weighted by Crippen LogP contribution is 2.25. The molecule has 0 radical (unpaired) electrons. The smallest absolute Gasteiger partial charge is 0.287 e. The van der Waals surface area contributed by atoms with Gasteiger partial charge in [0.1, 0.15) is 5.82 Å². The van der Waals surface area contributed by atoms with Crippen LogP contribution in [0.3, 0.4) is 0 Å². The Bertz CT molecular complexity index is 955. The highest BCUT2D eigenvalue weighted by molar-refractivity contribution is 9.10. The summed E-state index contributed by atoms with van der Waals surface area (Å²) in [5.41, 5.74) is 0.756. The lowest BCUT2D eigenvalue weighted by atomic mass is 10.3. The Morgan fingerprint density at radius 2 is 2.18 bits per heavy atom. The van der Waals surface area contributed by atoms with Crippen LogP contribution in [0.5, 0.6) is 0 Å². The van der Waals surface area contributed by atoms with Gasteiger partial charge in [0.05, 0.1) is 18.1 Å². The van der Waals surface area contributed by atoms with Crippen molar-refractivity contribution in [1.82, 2.24) is 25.1 Å². The van der Waals surface area contributed by atoms with Crippen LogP contribution in [0.4, 0.5) is 5.82 Å². The second-order valence-electron chi connectivity index (χ2n) is 6.47. The molecule has 0 unspecified atom stereocenters. The van der Waals surface area contributed by atoms with Crippen LogP contribution in [-0.2, 0) is 6.54 Å². The van der Waals surface area contributed by atoms with E-state index in [9.17, 15) is 4.79 Å². The molecule has 0 aliphatic heterocycles. The first-order valence-electron chi connectivity index (χ1n) is 9.14. The molecule has 2 N–H and O–H groups in total. The summed E-state index contributed by atoms with van der Waals surface area (Å²) in [5, 5.41) is 12.2. The number of thioether (sulfide) groups is 1. The summed E-state index contributed by atoms with van der Waals surface area (Å²) < 4.78 is 7.57. The maximum absolute atomic E-state index is 12.1. The largest absolute Gasteiger partial charge is 0.444 e. The zero-order valence-corrected chi connectivity index (χ0v) is 18.4. The molecule has 28 heavy (non-hydrogen) atoms. The maximum atomic E-state index is 12.1. The molecule has 10 heteroatoms. The zero-order chi connectivity index (χ0) is 20.1. The van der Waals surface area contributed by atoms with E-state index in [4.69, 9.17) is 4.42 Å². The van der Waals surface area contributed by atoms with Crippen LogP contribution in [0, 0.1) is 0 Å². The number of hydrogen-bond acceptors (Lipinski definition) is 7. The summed E-state index contributed by atoms with van der Waals surface area (Å²) in [7, 11) is 0. The molecule has 1 amide bonds. The third-order valence-electron chi connectivity index (χ3n) is 3.74. The number of furan rings is 1. The lowest BCUT2D eigenvalue weighted by Gasteiger charge is -2.12. The normalized spacial score (nSPS) is 11.3. The molecular formula is C18H23BrN6O2S. The van der Waals surface area contributed by atoms with Crippen molar-refractivity contribution < 1.29 is 9.21 Å². The molecule has 0 atom stereocenters. The number of anilines is 1.